The van der Waals surface area contributed by atoms with Crippen molar-refractivity contribution in [3.05, 3.63) is 94.7 Å². The topological polar surface area (TPSA) is 0 Å². The molecule has 0 radical (unpaired) electrons. The van der Waals surface area contributed by atoms with E-state index < -0.39 is 0 Å². The molecule has 3 aromatic rings. The van der Waals surface area contributed by atoms with Gasteiger partial charge in [-0.05, 0) is 43.2 Å². The summed E-state index contributed by atoms with van der Waals surface area (Å²) >= 11 is 1.84. The number of rotatable bonds is 0. The molecule has 0 atom stereocenters. The molecule has 1 heterocycles. The van der Waals surface area contributed by atoms with E-state index in [1.54, 1.807) is 0 Å². The van der Waals surface area contributed by atoms with Gasteiger partial charge in [-0.25, -0.2) is 0 Å². The highest BCUT2D eigenvalue weighted by Gasteiger charge is 1.85. The van der Waals surface area contributed by atoms with E-state index in [0.29, 0.717) is 0 Å². The minimum atomic E-state index is 1.14. The molecule has 0 nitrogen and oxygen atoms in total. The first-order chi connectivity index (χ1) is 12.8. The highest BCUT2D eigenvalue weighted by atomic mass is 32.1. The van der Waals surface area contributed by atoms with Gasteiger partial charge in [0.2, 0.25) is 0 Å². The largest absolute Gasteiger partial charge is 0.146 e. The van der Waals surface area contributed by atoms with E-state index >= 15 is 0 Å². The van der Waals surface area contributed by atoms with E-state index in [2.05, 4.69) is 98.8 Å². The van der Waals surface area contributed by atoms with E-state index in [-0.39, 0.29) is 0 Å². The first kappa shape index (κ1) is 23.9. The molecule has 4 rings (SSSR count). The van der Waals surface area contributed by atoms with Crippen LogP contribution in [0.1, 0.15) is 43.9 Å². The zero-order valence-corrected chi connectivity index (χ0v) is 18.0. The summed E-state index contributed by atoms with van der Waals surface area (Å²) in [6.07, 6.45) is 9.50. The predicted octanol–water partition coefficient (Wildman–Crippen LogP) is 8.76. The molecule has 2 aromatic carbocycles. The third-order valence-corrected chi connectivity index (χ3v) is 4.10. The fourth-order valence-electron chi connectivity index (χ4n) is 2.08. The summed E-state index contributed by atoms with van der Waals surface area (Å²) in [5.41, 5.74) is 0. The lowest BCUT2D eigenvalue weighted by Gasteiger charge is -1.92. The van der Waals surface area contributed by atoms with Crippen LogP contribution in [0.2, 0.25) is 0 Å². The predicted molar refractivity (Wildman–Crippen MR) is 123 cm³/mol. The SMILES string of the molecule is C1=CCC=C1.CC.CC.Cc1ccc(C)s1.c1ccc2ccccc2c1. The molecular weight excluding hydrogens is 332 g/mol. The van der Waals surface area contributed by atoms with Crippen molar-refractivity contribution in [2.75, 3.05) is 0 Å². The van der Waals surface area contributed by atoms with Crippen LogP contribution in [0.5, 0.6) is 0 Å². The Labute approximate surface area is 164 Å². The summed E-state index contributed by atoms with van der Waals surface area (Å²) < 4.78 is 0. The Hall–Kier alpha value is -2.12. The van der Waals surface area contributed by atoms with Crippen LogP contribution in [0.4, 0.5) is 0 Å². The molecule has 0 amide bonds. The van der Waals surface area contributed by atoms with Gasteiger partial charge in [-0.3, -0.25) is 0 Å². The Kier molecular flexibility index (Phi) is 15.0. The summed E-state index contributed by atoms with van der Waals surface area (Å²) in [7, 11) is 0. The van der Waals surface area contributed by atoms with Crippen LogP contribution in [0.3, 0.4) is 0 Å². The van der Waals surface area contributed by atoms with E-state index in [0.717, 1.165) is 6.42 Å². The number of thiophene rings is 1. The van der Waals surface area contributed by atoms with Crippen molar-refractivity contribution in [3.63, 3.8) is 0 Å². The lowest BCUT2D eigenvalue weighted by Crippen LogP contribution is -1.67. The zero-order valence-electron chi connectivity index (χ0n) is 17.2. The maximum Gasteiger partial charge on any atom is 0.00170 e. The molecule has 1 heteroatoms. The van der Waals surface area contributed by atoms with Crippen molar-refractivity contribution in [1.29, 1.82) is 0 Å². The fourth-order valence-corrected chi connectivity index (χ4v) is 2.86. The standard InChI is InChI=1S/C10H8.C6H8S.C5H6.2C2H6/c1-2-6-10-8-4-3-7-9(10)5-1;1-5-3-4-6(2)7-5;1-2-4-5-3-1;2*1-2/h1-8H;3-4H,1-2H3;1-4H,5H2;2*1-2H3. The molecule has 1 aromatic heterocycles. The molecule has 0 unspecified atom stereocenters. The van der Waals surface area contributed by atoms with E-state index in [1.165, 1.54) is 20.5 Å². The van der Waals surface area contributed by atoms with Crippen LogP contribution >= 0.6 is 11.3 Å². The van der Waals surface area contributed by atoms with Gasteiger partial charge in [-0.1, -0.05) is 101 Å². The number of fused-ring (bicyclic) bond motifs is 1. The molecule has 0 spiro atoms. The zero-order chi connectivity index (χ0) is 19.6. The van der Waals surface area contributed by atoms with Crippen molar-refractivity contribution in [2.45, 2.75) is 48.0 Å². The lowest BCUT2D eigenvalue weighted by molar-refractivity contribution is 1.45. The molecule has 0 fully saturated rings. The first-order valence-electron chi connectivity index (χ1n) is 9.54. The molecule has 140 valence electrons. The van der Waals surface area contributed by atoms with Crippen molar-refractivity contribution >= 4 is 22.1 Å². The Morgan fingerprint density at radius 2 is 0.923 bits per heavy atom. The van der Waals surface area contributed by atoms with Crippen LogP contribution in [0.25, 0.3) is 10.8 Å². The molecule has 0 bridgehead atoms. The molecule has 1 aliphatic carbocycles. The van der Waals surface area contributed by atoms with Crippen molar-refractivity contribution < 1.29 is 0 Å². The average molecular weight is 367 g/mol. The van der Waals surface area contributed by atoms with Gasteiger partial charge in [0.25, 0.3) is 0 Å². The summed E-state index contributed by atoms with van der Waals surface area (Å²) in [4.78, 5) is 2.80. The summed E-state index contributed by atoms with van der Waals surface area (Å²) in [5.74, 6) is 0. The smallest absolute Gasteiger partial charge is 0.00170 e. The van der Waals surface area contributed by atoms with E-state index in [4.69, 9.17) is 0 Å². The second-order valence-corrected chi connectivity index (χ2v) is 6.59. The highest BCUT2D eigenvalue weighted by Crippen LogP contribution is 2.12. The average Bonchev–Trinajstić information content (AvgIpc) is 3.41. The summed E-state index contributed by atoms with van der Waals surface area (Å²) in [6.45, 7) is 12.2. The van der Waals surface area contributed by atoms with Crippen molar-refractivity contribution in [2.24, 2.45) is 0 Å². The molecule has 0 aliphatic heterocycles. The third-order valence-electron chi connectivity index (χ3n) is 3.19. The van der Waals surface area contributed by atoms with Crippen LogP contribution in [-0.4, -0.2) is 0 Å². The van der Waals surface area contributed by atoms with E-state index in [9.17, 15) is 0 Å². The minimum absolute atomic E-state index is 1.14. The van der Waals surface area contributed by atoms with Crippen LogP contribution in [-0.2, 0) is 0 Å². The molecule has 1 aliphatic rings. The second-order valence-electron chi connectivity index (χ2n) is 5.10. The van der Waals surface area contributed by atoms with Gasteiger partial charge >= 0.3 is 0 Å². The highest BCUT2D eigenvalue weighted by molar-refractivity contribution is 7.11. The lowest BCUT2D eigenvalue weighted by atomic mass is 10.1. The Bertz CT molecular complexity index is 655. The normalized spacial score (nSPS) is 10.2. The van der Waals surface area contributed by atoms with Gasteiger partial charge in [-0.2, -0.15) is 0 Å². The summed E-state index contributed by atoms with van der Waals surface area (Å²) in [6, 6.07) is 21.0. The monoisotopic (exact) mass is 366 g/mol. The number of allylic oxidation sites excluding steroid dienone is 4. The molecule has 26 heavy (non-hydrogen) atoms. The molecule has 0 saturated carbocycles. The fraction of sp³-hybridized carbons (Fsp3) is 0.280. The van der Waals surface area contributed by atoms with Gasteiger partial charge < -0.3 is 0 Å². The van der Waals surface area contributed by atoms with Gasteiger partial charge in [-0.15, -0.1) is 11.3 Å². The van der Waals surface area contributed by atoms with Crippen molar-refractivity contribution in [3.8, 4) is 0 Å². The molecule has 0 N–H and O–H groups in total. The number of benzene rings is 2. The maximum atomic E-state index is 2.14. The van der Waals surface area contributed by atoms with Crippen LogP contribution in [0.15, 0.2) is 85.0 Å². The Morgan fingerprint density at radius 3 is 1.12 bits per heavy atom. The summed E-state index contributed by atoms with van der Waals surface area (Å²) in [5, 5.41) is 2.62. The molecular formula is C25H34S. The number of hydrogen-bond donors (Lipinski definition) is 0. The Balaban J connectivity index is 0.000000344. The van der Waals surface area contributed by atoms with Crippen LogP contribution < -0.4 is 0 Å². The third kappa shape index (κ3) is 10.7. The number of aryl methyl sites for hydroxylation is 2. The first-order valence-corrected chi connectivity index (χ1v) is 10.4. The van der Waals surface area contributed by atoms with Crippen molar-refractivity contribution in [1.82, 2.24) is 0 Å². The second kappa shape index (κ2) is 16.4. The maximum absolute atomic E-state index is 2.14. The van der Waals surface area contributed by atoms with Gasteiger partial charge in [0, 0.05) is 9.75 Å². The minimum Gasteiger partial charge on any atom is -0.146 e. The van der Waals surface area contributed by atoms with Crippen LogP contribution in [0, 0.1) is 13.8 Å². The van der Waals surface area contributed by atoms with E-state index in [1.807, 2.05) is 39.0 Å². The molecule has 0 saturated heterocycles. The quantitative estimate of drug-likeness (QED) is 0.373. The van der Waals surface area contributed by atoms with Gasteiger partial charge in [0.1, 0.15) is 0 Å². The van der Waals surface area contributed by atoms with Gasteiger partial charge in [0.05, 0.1) is 0 Å². The Morgan fingerprint density at radius 1 is 0.577 bits per heavy atom. The van der Waals surface area contributed by atoms with Gasteiger partial charge in [0.15, 0.2) is 0 Å². The number of hydrogen-bond acceptors (Lipinski definition) is 1.